The number of thioether (sulfide) groups is 1. The third-order valence-electron chi connectivity index (χ3n) is 2.35. The molecular formula is C9H14N2O5S3. The number of nitrogens with one attached hydrogen (secondary N) is 1. The summed E-state index contributed by atoms with van der Waals surface area (Å²) in [6.07, 6.45) is 0.690. The van der Waals surface area contributed by atoms with Crippen LogP contribution >= 0.6 is 33.3 Å². The van der Waals surface area contributed by atoms with Crippen LogP contribution in [0, 0.1) is 0 Å². The van der Waals surface area contributed by atoms with Gasteiger partial charge in [0.1, 0.15) is 12.3 Å². The lowest BCUT2D eigenvalue weighted by Gasteiger charge is -2.23. The number of hydrogen-bond donors (Lipinski definition) is 4. The summed E-state index contributed by atoms with van der Waals surface area (Å²) in [5.41, 5.74) is 5.33. The Morgan fingerprint density at radius 1 is 1.53 bits per heavy atom. The third kappa shape index (κ3) is 4.56. The zero-order valence-corrected chi connectivity index (χ0v) is 12.2. The van der Waals surface area contributed by atoms with Crippen LogP contribution in [0.2, 0.25) is 0 Å². The largest absolute Gasteiger partial charge is 0.480 e. The van der Waals surface area contributed by atoms with E-state index in [4.69, 9.17) is 10.8 Å². The van der Waals surface area contributed by atoms with E-state index in [1.807, 2.05) is 0 Å². The van der Waals surface area contributed by atoms with Crippen LogP contribution in [-0.2, 0) is 14.4 Å². The van der Waals surface area contributed by atoms with Crippen LogP contribution in [0.4, 0.5) is 0 Å². The number of nitrogens with two attached hydrogens (primary N) is 1. The van der Waals surface area contributed by atoms with Crippen LogP contribution in [0.3, 0.4) is 0 Å². The van der Waals surface area contributed by atoms with Crippen molar-refractivity contribution in [2.45, 2.75) is 17.0 Å². The highest BCUT2D eigenvalue weighted by molar-refractivity contribution is 8.76. The van der Waals surface area contributed by atoms with E-state index in [9.17, 15) is 19.5 Å². The molecule has 2 unspecified atom stereocenters. The SMILES string of the molecule is NC(CSSCC1(C(=O)O)N[C@H](C=O)CS1)C(=O)O. The lowest BCUT2D eigenvalue weighted by atomic mass is 10.3. The van der Waals surface area contributed by atoms with E-state index >= 15 is 0 Å². The minimum Gasteiger partial charge on any atom is -0.480 e. The Morgan fingerprint density at radius 2 is 2.21 bits per heavy atom. The van der Waals surface area contributed by atoms with Gasteiger partial charge in [-0.25, -0.2) is 4.79 Å². The van der Waals surface area contributed by atoms with E-state index in [1.54, 1.807) is 0 Å². The number of hydrogen-bond acceptors (Lipinski definition) is 8. The number of carboxylic acid groups (broad SMARTS) is 2. The van der Waals surface area contributed by atoms with E-state index in [2.05, 4.69) is 5.32 Å². The van der Waals surface area contributed by atoms with Gasteiger partial charge in [-0.3, -0.25) is 10.1 Å². The zero-order chi connectivity index (χ0) is 14.5. The molecule has 0 aromatic heterocycles. The van der Waals surface area contributed by atoms with E-state index in [0.29, 0.717) is 12.0 Å². The molecule has 0 aromatic rings. The van der Waals surface area contributed by atoms with Crippen LogP contribution in [0.5, 0.6) is 0 Å². The molecule has 3 atom stereocenters. The first-order chi connectivity index (χ1) is 8.91. The molecular weight excluding hydrogens is 312 g/mol. The maximum absolute atomic E-state index is 11.3. The lowest BCUT2D eigenvalue weighted by molar-refractivity contribution is -0.140. The van der Waals surface area contributed by atoms with Crippen molar-refractivity contribution in [3.05, 3.63) is 0 Å². The van der Waals surface area contributed by atoms with Gasteiger partial charge in [0.05, 0.1) is 6.04 Å². The van der Waals surface area contributed by atoms with Gasteiger partial charge in [-0.05, 0) is 0 Å². The van der Waals surface area contributed by atoms with Gasteiger partial charge in [0, 0.05) is 17.3 Å². The average molecular weight is 326 g/mol. The minimum atomic E-state index is -1.20. The van der Waals surface area contributed by atoms with Gasteiger partial charge < -0.3 is 20.7 Å². The molecule has 1 saturated heterocycles. The first-order valence-electron chi connectivity index (χ1n) is 5.24. The number of rotatable bonds is 8. The predicted octanol–water partition coefficient (Wildman–Crippen LogP) is -0.536. The minimum absolute atomic E-state index is 0.192. The summed E-state index contributed by atoms with van der Waals surface area (Å²) in [7, 11) is 2.44. The van der Waals surface area contributed by atoms with Gasteiger partial charge in [0.15, 0.2) is 4.87 Å². The van der Waals surface area contributed by atoms with Crippen molar-refractivity contribution in [1.82, 2.24) is 5.32 Å². The average Bonchev–Trinajstić information content (AvgIpc) is 2.79. The van der Waals surface area contributed by atoms with Crippen molar-refractivity contribution in [2.75, 3.05) is 17.3 Å². The fourth-order valence-corrected chi connectivity index (χ4v) is 5.34. The van der Waals surface area contributed by atoms with Crippen LogP contribution in [0.15, 0.2) is 0 Å². The molecule has 7 nitrogen and oxygen atoms in total. The van der Waals surface area contributed by atoms with Crippen LogP contribution in [0.25, 0.3) is 0 Å². The van der Waals surface area contributed by atoms with E-state index in [0.717, 1.165) is 0 Å². The van der Waals surface area contributed by atoms with E-state index < -0.39 is 28.9 Å². The van der Waals surface area contributed by atoms with Crippen LogP contribution < -0.4 is 11.1 Å². The molecule has 1 aliphatic heterocycles. The first kappa shape index (κ1) is 16.6. The molecule has 0 bridgehead atoms. The lowest BCUT2D eigenvalue weighted by Crippen LogP contribution is -2.50. The molecule has 1 heterocycles. The summed E-state index contributed by atoms with van der Waals surface area (Å²) >= 11 is 1.17. The summed E-state index contributed by atoms with van der Waals surface area (Å²) in [6, 6.07) is -1.43. The Balaban J connectivity index is 2.42. The summed E-state index contributed by atoms with van der Waals surface area (Å²) in [6.45, 7) is 0. The fourth-order valence-electron chi connectivity index (χ4n) is 1.27. The summed E-state index contributed by atoms with van der Waals surface area (Å²) in [5, 5.41) is 20.6. The van der Waals surface area contributed by atoms with Crippen molar-refractivity contribution >= 4 is 51.6 Å². The highest BCUT2D eigenvalue weighted by Crippen LogP contribution is 2.37. The smallest absolute Gasteiger partial charge is 0.335 e. The van der Waals surface area contributed by atoms with Crippen molar-refractivity contribution in [3.8, 4) is 0 Å². The Kier molecular flexibility index (Phi) is 6.47. The monoisotopic (exact) mass is 326 g/mol. The second-order valence-electron chi connectivity index (χ2n) is 3.82. The summed E-state index contributed by atoms with van der Waals surface area (Å²) in [5.74, 6) is -1.30. The summed E-state index contributed by atoms with van der Waals surface area (Å²) in [4.78, 5) is 31.2. The molecule has 0 aliphatic carbocycles. The van der Waals surface area contributed by atoms with Gasteiger partial charge in [-0.1, -0.05) is 21.6 Å². The second-order valence-corrected chi connectivity index (χ2v) is 7.65. The number of aliphatic carboxylic acids is 2. The van der Waals surface area contributed by atoms with Crippen molar-refractivity contribution in [2.24, 2.45) is 5.73 Å². The number of aldehydes is 1. The molecule has 10 heteroatoms. The molecule has 0 spiro atoms. The molecule has 0 saturated carbocycles. The Bertz CT molecular complexity index is 370. The zero-order valence-electron chi connectivity index (χ0n) is 9.77. The standard InChI is InChI=1S/C9H14N2O5S3/c10-6(7(13)14)3-18-19-4-9(8(15)16)11-5(1-12)2-17-9/h1,5-6,11H,2-4,10H2,(H,13,14)(H,15,16)/t5-,6?,9?/m1/s1. The maximum atomic E-state index is 11.3. The predicted molar refractivity (Wildman–Crippen MR) is 76.3 cm³/mol. The van der Waals surface area contributed by atoms with Crippen molar-refractivity contribution in [1.29, 1.82) is 0 Å². The van der Waals surface area contributed by atoms with E-state index in [1.165, 1.54) is 33.3 Å². The topological polar surface area (TPSA) is 130 Å². The Labute approximate surface area is 121 Å². The first-order valence-corrected chi connectivity index (χ1v) is 8.72. The quantitative estimate of drug-likeness (QED) is 0.262. The number of carbonyl (C=O) groups is 3. The number of carbonyl (C=O) groups excluding carboxylic acids is 1. The van der Waals surface area contributed by atoms with Crippen molar-refractivity contribution in [3.63, 3.8) is 0 Å². The van der Waals surface area contributed by atoms with E-state index in [-0.39, 0.29) is 11.5 Å². The van der Waals surface area contributed by atoms with Crippen molar-refractivity contribution < 1.29 is 24.6 Å². The normalized spacial score (nSPS) is 27.9. The van der Waals surface area contributed by atoms with Gasteiger partial charge in [-0.2, -0.15) is 0 Å². The second kappa shape index (κ2) is 7.39. The molecule has 1 rings (SSSR count). The van der Waals surface area contributed by atoms with Crippen LogP contribution in [0.1, 0.15) is 0 Å². The van der Waals surface area contributed by atoms with Crippen LogP contribution in [-0.4, -0.2) is 62.7 Å². The van der Waals surface area contributed by atoms with Gasteiger partial charge in [0.2, 0.25) is 0 Å². The van der Waals surface area contributed by atoms with Gasteiger partial charge >= 0.3 is 11.9 Å². The van der Waals surface area contributed by atoms with Gasteiger partial charge in [0.25, 0.3) is 0 Å². The Hall–Kier alpha value is -0.420. The maximum Gasteiger partial charge on any atom is 0.335 e. The highest BCUT2D eigenvalue weighted by Gasteiger charge is 2.46. The molecule has 108 valence electrons. The molecule has 1 aliphatic rings. The Morgan fingerprint density at radius 3 is 2.68 bits per heavy atom. The molecule has 0 aromatic carbocycles. The molecule has 19 heavy (non-hydrogen) atoms. The third-order valence-corrected chi connectivity index (χ3v) is 6.46. The summed E-state index contributed by atoms with van der Waals surface area (Å²) < 4.78 is 0. The molecule has 5 N–H and O–H groups in total. The molecule has 1 fully saturated rings. The molecule has 0 amide bonds. The molecule has 0 radical (unpaired) electrons. The fraction of sp³-hybridized carbons (Fsp3) is 0.667. The highest BCUT2D eigenvalue weighted by atomic mass is 33.1. The number of carboxylic acids is 2. The van der Waals surface area contributed by atoms with Gasteiger partial charge in [-0.15, -0.1) is 11.8 Å².